The minimum absolute atomic E-state index is 0.279. The first kappa shape index (κ1) is 24.5. The molecular weight excluding hydrogens is 458 g/mol. The number of ether oxygens (including phenoxy) is 1. The minimum Gasteiger partial charge on any atom is -0.497 e. The number of aromatic nitrogens is 3. The van der Waals surface area contributed by atoms with Crippen LogP contribution >= 0.6 is 11.8 Å². The van der Waals surface area contributed by atoms with Gasteiger partial charge in [-0.2, -0.15) is 0 Å². The second-order valence-corrected chi connectivity index (χ2v) is 11.2. The molecule has 3 aliphatic rings. The Balaban J connectivity index is 1.28. The number of anilines is 1. The largest absolute Gasteiger partial charge is 0.497 e. The first-order valence-corrected chi connectivity index (χ1v) is 14.5. The summed E-state index contributed by atoms with van der Waals surface area (Å²) in [6.07, 6.45) is 13.6. The van der Waals surface area contributed by atoms with Crippen LogP contribution in [0.1, 0.15) is 82.5 Å². The summed E-state index contributed by atoms with van der Waals surface area (Å²) in [5.74, 6) is 3.22. The van der Waals surface area contributed by atoms with Crippen molar-refractivity contribution in [3.63, 3.8) is 0 Å². The minimum atomic E-state index is 0.279. The quantitative estimate of drug-likeness (QED) is 0.473. The molecule has 1 N–H and O–H groups in total. The van der Waals surface area contributed by atoms with Crippen LogP contribution in [0.5, 0.6) is 5.75 Å². The molecule has 0 radical (unpaired) electrons. The molecule has 5 rings (SSSR count). The van der Waals surface area contributed by atoms with Gasteiger partial charge in [0.1, 0.15) is 5.75 Å². The van der Waals surface area contributed by atoms with Crippen LogP contribution in [-0.4, -0.2) is 51.0 Å². The average molecular weight is 498 g/mol. The van der Waals surface area contributed by atoms with Gasteiger partial charge < -0.3 is 19.5 Å². The molecule has 0 spiro atoms. The molecular formula is C27H39N5O2S. The number of hydrogen-bond acceptors (Lipinski definition) is 6. The van der Waals surface area contributed by atoms with E-state index in [2.05, 4.69) is 25.0 Å². The van der Waals surface area contributed by atoms with Crippen molar-refractivity contribution >= 4 is 23.4 Å². The number of likely N-dealkylation sites (tertiary alicyclic amines) is 1. The van der Waals surface area contributed by atoms with Crippen molar-refractivity contribution in [3.05, 3.63) is 30.1 Å². The molecule has 1 aromatic carbocycles. The lowest BCUT2D eigenvalue weighted by Crippen LogP contribution is -2.50. The number of hydrogen-bond donors (Lipinski definition) is 1. The first-order valence-electron chi connectivity index (χ1n) is 13.5. The van der Waals surface area contributed by atoms with E-state index in [1.165, 1.54) is 51.4 Å². The Bertz CT molecular complexity index is 988. The van der Waals surface area contributed by atoms with Gasteiger partial charge in [-0.3, -0.25) is 4.79 Å². The van der Waals surface area contributed by atoms with E-state index in [0.717, 1.165) is 48.2 Å². The summed E-state index contributed by atoms with van der Waals surface area (Å²) in [5, 5.41) is 13.5. The number of nitrogens with one attached hydrogen (secondary N) is 1. The van der Waals surface area contributed by atoms with Crippen molar-refractivity contribution in [2.75, 3.05) is 24.7 Å². The Hall–Kier alpha value is -2.22. The number of methoxy groups -OCH3 is 1. The number of carbonyl (C=O) groups excluding carboxylic acids is 1. The normalized spacial score (nSPS) is 23.1. The second-order valence-electron chi connectivity index (χ2n) is 10.3. The fraction of sp³-hybridized carbons (Fsp3) is 0.667. The Morgan fingerprint density at radius 1 is 1.06 bits per heavy atom. The average Bonchev–Trinajstić information content (AvgIpc) is 3.33. The summed E-state index contributed by atoms with van der Waals surface area (Å²) in [4.78, 5) is 15.5. The maximum Gasteiger partial charge on any atom is 0.233 e. The van der Waals surface area contributed by atoms with Gasteiger partial charge in [0.25, 0.3) is 0 Å². The van der Waals surface area contributed by atoms with Crippen LogP contribution in [0.4, 0.5) is 5.69 Å². The number of benzene rings is 1. The van der Waals surface area contributed by atoms with Crippen molar-refractivity contribution in [3.8, 4) is 5.75 Å². The molecule has 2 atom stereocenters. The van der Waals surface area contributed by atoms with Crippen molar-refractivity contribution in [2.24, 2.45) is 5.92 Å². The fourth-order valence-corrected chi connectivity index (χ4v) is 7.20. The van der Waals surface area contributed by atoms with Crippen LogP contribution in [0.3, 0.4) is 0 Å². The lowest BCUT2D eigenvalue weighted by atomic mass is 9.78. The molecule has 2 aromatic rings. The van der Waals surface area contributed by atoms with Crippen LogP contribution in [0.2, 0.25) is 0 Å². The topological polar surface area (TPSA) is 72.3 Å². The van der Waals surface area contributed by atoms with E-state index in [4.69, 9.17) is 4.74 Å². The Morgan fingerprint density at radius 3 is 2.71 bits per heavy atom. The summed E-state index contributed by atoms with van der Waals surface area (Å²) in [5.41, 5.74) is 0.999. The maximum absolute atomic E-state index is 13.3. The van der Waals surface area contributed by atoms with E-state index in [0.29, 0.717) is 30.3 Å². The number of carbonyl (C=O) groups is 1. The van der Waals surface area contributed by atoms with E-state index >= 15 is 0 Å². The molecule has 8 heteroatoms. The van der Waals surface area contributed by atoms with Gasteiger partial charge in [-0.05, 0) is 56.6 Å². The van der Waals surface area contributed by atoms with Crippen molar-refractivity contribution in [2.45, 2.75) is 94.4 Å². The SMILES string of the molecule is COc1cccc(NCc2nnc(SCC(=O)N3CCC[C@@H]4CCCC[C@H]43)n2C2CCCCC2)c1. The van der Waals surface area contributed by atoms with Crippen LogP contribution < -0.4 is 10.1 Å². The summed E-state index contributed by atoms with van der Waals surface area (Å²) >= 11 is 1.58. The molecule has 3 fully saturated rings. The summed E-state index contributed by atoms with van der Waals surface area (Å²) < 4.78 is 7.68. The summed E-state index contributed by atoms with van der Waals surface area (Å²) in [7, 11) is 1.68. The molecule has 1 amide bonds. The summed E-state index contributed by atoms with van der Waals surface area (Å²) in [6.45, 7) is 1.52. The molecule has 7 nitrogen and oxygen atoms in total. The van der Waals surface area contributed by atoms with E-state index in [9.17, 15) is 4.79 Å². The van der Waals surface area contributed by atoms with Crippen LogP contribution in [0.15, 0.2) is 29.4 Å². The smallest absolute Gasteiger partial charge is 0.233 e. The molecule has 0 unspecified atom stereocenters. The number of rotatable bonds is 8. The van der Waals surface area contributed by atoms with Crippen LogP contribution in [0, 0.1) is 5.92 Å². The first-order chi connectivity index (χ1) is 17.2. The van der Waals surface area contributed by atoms with E-state index in [1.54, 1.807) is 18.9 Å². The van der Waals surface area contributed by atoms with Gasteiger partial charge in [-0.1, -0.05) is 49.9 Å². The second kappa shape index (κ2) is 11.7. The number of amides is 1. The van der Waals surface area contributed by atoms with Crippen LogP contribution in [-0.2, 0) is 11.3 Å². The lowest BCUT2D eigenvalue weighted by Gasteiger charge is -2.44. The van der Waals surface area contributed by atoms with Gasteiger partial charge in [-0.25, -0.2) is 0 Å². The van der Waals surface area contributed by atoms with Gasteiger partial charge >= 0.3 is 0 Å². The third-order valence-corrected chi connectivity index (χ3v) is 9.01. The highest BCUT2D eigenvalue weighted by molar-refractivity contribution is 7.99. The highest BCUT2D eigenvalue weighted by Crippen LogP contribution is 2.37. The molecule has 2 heterocycles. The van der Waals surface area contributed by atoms with Crippen LogP contribution in [0.25, 0.3) is 0 Å². The molecule has 1 aromatic heterocycles. The molecule has 190 valence electrons. The van der Waals surface area contributed by atoms with E-state index in [-0.39, 0.29) is 5.91 Å². The van der Waals surface area contributed by atoms with Crippen molar-refractivity contribution in [1.29, 1.82) is 0 Å². The predicted molar refractivity (Wildman–Crippen MR) is 140 cm³/mol. The molecule has 2 saturated carbocycles. The third-order valence-electron chi connectivity index (χ3n) is 8.08. The fourth-order valence-electron chi connectivity index (χ4n) is 6.29. The van der Waals surface area contributed by atoms with E-state index < -0.39 is 0 Å². The molecule has 1 aliphatic heterocycles. The molecule has 1 saturated heterocycles. The molecule has 35 heavy (non-hydrogen) atoms. The monoisotopic (exact) mass is 497 g/mol. The lowest BCUT2D eigenvalue weighted by molar-refractivity contribution is -0.134. The van der Waals surface area contributed by atoms with Gasteiger partial charge in [0, 0.05) is 30.4 Å². The number of nitrogens with zero attached hydrogens (tertiary/aromatic N) is 4. The van der Waals surface area contributed by atoms with Gasteiger partial charge in [0.15, 0.2) is 11.0 Å². The van der Waals surface area contributed by atoms with Crippen molar-refractivity contribution < 1.29 is 9.53 Å². The Morgan fingerprint density at radius 2 is 1.86 bits per heavy atom. The van der Waals surface area contributed by atoms with Gasteiger partial charge in [0.05, 0.1) is 19.4 Å². The molecule has 0 bridgehead atoms. The molecule has 2 aliphatic carbocycles. The summed E-state index contributed by atoms with van der Waals surface area (Å²) in [6, 6.07) is 8.83. The highest BCUT2D eigenvalue weighted by Gasteiger charge is 2.35. The standard InChI is InChI=1S/C27H39N5O2S/c1-34-23-14-7-11-21(17-23)28-18-25-29-30-27(32(25)22-12-3-2-4-13-22)35-19-26(33)31-16-8-10-20-9-5-6-15-24(20)31/h7,11,14,17,20,22,24,28H,2-6,8-10,12-13,15-16,18-19H2,1H3/t20-,24+/m0/s1. The Kier molecular flexibility index (Phi) is 8.16. The van der Waals surface area contributed by atoms with Gasteiger partial charge in [0.2, 0.25) is 5.91 Å². The zero-order chi connectivity index (χ0) is 24.0. The number of thioether (sulfide) groups is 1. The Labute approximate surface area is 213 Å². The number of fused-ring (bicyclic) bond motifs is 1. The van der Waals surface area contributed by atoms with Crippen molar-refractivity contribution in [1.82, 2.24) is 19.7 Å². The zero-order valence-corrected chi connectivity index (χ0v) is 21.8. The maximum atomic E-state index is 13.3. The number of piperidine rings is 1. The zero-order valence-electron chi connectivity index (χ0n) is 21.0. The van der Waals surface area contributed by atoms with E-state index in [1.807, 2.05) is 24.3 Å². The highest BCUT2D eigenvalue weighted by atomic mass is 32.2. The predicted octanol–water partition coefficient (Wildman–Crippen LogP) is 5.68. The third kappa shape index (κ3) is 5.79. The van der Waals surface area contributed by atoms with Gasteiger partial charge in [-0.15, -0.1) is 10.2 Å².